The average molecular weight is 114 g/mol. The molecule has 0 saturated carbocycles. The minimum Gasteiger partial charge on any atom is -0.458 e. The minimum atomic E-state index is -0.493. The van der Waals surface area contributed by atoms with Crippen LogP contribution in [0.15, 0.2) is 4.99 Å². The van der Waals surface area contributed by atoms with E-state index < -0.39 is 6.23 Å². The zero-order valence-electron chi connectivity index (χ0n) is 4.20. The molecule has 0 aromatic carbocycles. The van der Waals surface area contributed by atoms with Crippen LogP contribution in [0.2, 0.25) is 0 Å². The lowest BCUT2D eigenvalue weighted by Gasteiger charge is -2.12. The lowest BCUT2D eigenvalue weighted by atomic mass is 10.6. The molecule has 1 unspecified atom stereocenters. The fraction of sp³-hybridized carbons (Fsp3) is 0.500. The highest BCUT2D eigenvalue weighted by Crippen LogP contribution is 1.84. The molecule has 0 aromatic rings. The summed E-state index contributed by atoms with van der Waals surface area (Å²) in [6.45, 7) is 0.462. The van der Waals surface area contributed by atoms with E-state index in [9.17, 15) is 4.79 Å². The third-order valence-corrected chi connectivity index (χ3v) is 0.789. The molecule has 0 saturated heterocycles. The van der Waals surface area contributed by atoms with E-state index in [0.717, 1.165) is 0 Å². The van der Waals surface area contributed by atoms with Crippen molar-refractivity contribution in [1.29, 1.82) is 0 Å². The number of carbonyl (C=O) groups is 1. The predicted molar refractivity (Wildman–Crippen MR) is 27.4 cm³/mol. The molecule has 1 aliphatic rings. The molecule has 1 rings (SSSR count). The Kier molecular flexibility index (Phi) is 1.58. The van der Waals surface area contributed by atoms with Crippen LogP contribution < -0.4 is 5.32 Å². The van der Waals surface area contributed by atoms with Crippen molar-refractivity contribution in [2.24, 2.45) is 4.99 Å². The van der Waals surface area contributed by atoms with Crippen molar-refractivity contribution in [2.45, 2.75) is 6.23 Å². The first-order valence-electron chi connectivity index (χ1n) is 2.26. The van der Waals surface area contributed by atoms with Gasteiger partial charge in [0, 0.05) is 0 Å². The van der Waals surface area contributed by atoms with E-state index in [2.05, 4.69) is 15.0 Å². The molecule has 0 radical (unpaired) electrons. The fourth-order valence-electron chi connectivity index (χ4n) is 0.417. The van der Waals surface area contributed by atoms with E-state index >= 15 is 0 Å². The van der Waals surface area contributed by atoms with Crippen LogP contribution in [0.5, 0.6) is 0 Å². The van der Waals surface area contributed by atoms with E-state index in [-0.39, 0.29) is 0 Å². The van der Waals surface area contributed by atoms with Crippen LogP contribution in [-0.2, 0) is 9.53 Å². The Bertz CT molecular complexity index is 113. The molecule has 4 heteroatoms. The van der Waals surface area contributed by atoms with E-state index in [4.69, 9.17) is 0 Å². The van der Waals surface area contributed by atoms with Gasteiger partial charge in [0.1, 0.15) is 0 Å². The van der Waals surface area contributed by atoms with Crippen LogP contribution in [0.3, 0.4) is 0 Å². The van der Waals surface area contributed by atoms with E-state index in [1.807, 2.05) is 0 Å². The third kappa shape index (κ3) is 1.04. The van der Waals surface area contributed by atoms with Gasteiger partial charge in [-0.1, -0.05) is 0 Å². The molecule has 1 heterocycles. The van der Waals surface area contributed by atoms with Crippen molar-refractivity contribution >= 4 is 12.7 Å². The molecule has 1 N–H and O–H groups in total. The van der Waals surface area contributed by atoms with Crippen LogP contribution in [0.25, 0.3) is 0 Å². The van der Waals surface area contributed by atoms with Gasteiger partial charge < -0.3 is 4.74 Å². The first kappa shape index (κ1) is 5.24. The Hall–Kier alpha value is -0.900. The zero-order valence-corrected chi connectivity index (χ0v) is 4.20. The summed E-state index contributed by atoms with van der Waals surface area (Å²) < 4.78 is 4.66. The number of carbonyl (C=O) groups excluding carboxylic acids is 1. The van der Waals surface area contributed by atoms with Gasteiger partial charge in [0.15, 0.2) is 12.7 Å². The van der Waals surface area contributed by atoms with Crippen molar-refractivity contribution in [2.75, 3.05) is 6.67 Å². The molecule has 0 aliphatic carbocycles. The number of hydrogen-bond donors (Lipinski definition) is 1. The molecule has 4 nitrogen and oxygen atoms in total. The lowest BCUT2D eigenvalue weighted by molar-refractivity contribution is -0.115. The standard InChI is InChI=1S/C4H6N2O2/c7-1-4-6-2-5-3-8-4/h1,3-4,6H,2H2. The molecule has 1 atom stereocenters. The molecule has 0 fully saturated rings. The topological polar surface area (TPSA) is 50.7 Å². The molecule has 0 spiro atoms. The molecular formula is C4H6N2O2. The molecule has 0 aromatic heterocycles. The summed E-state index contributed by atoms with van der Waals surface area (Å²) in [4.78, 5) is 13.6. The molecule has 0 bridgehead atoms. The largest absolute Gasteiger partial charge is 0.458 e. The van der Waals surface area contributed by atoms with E-state index in [1.165, 1.54) is 6.40 Å². The van der Waals surface area contributed by atoms with Gasteiger partial charge in [0.05, 0.1) is 6.67 Å². The van der Waals surface area contributed by atoms with Crippen LogP contribution in [0, 0.1) is 0 Å². The first-order chi connectivity index (χ1) is 3.93. The number of aliphatic imine (C=N–C) groups is 1. The van der Waals surface area contributed by atoms with Crippen LogP contribution >= 0.6 is 0 Å². The molecule has 0 amide bonds. The van der Waals surface area contributed by atoms with Gasteiger partial charge in [0.2, 0.25) is 6.23 Å². The summed E-state index contributed by atoms with van der Waals surface area (Å²) in [6.07, 6.45) is 1.47. The first-order valence-corrected chi connectivity index (χ1v) is 2.26. The van der Waals surface area contributed by atoms with E-state index in [0.29, 0.717) is 13.0 Å². The van der Waals surface area contributed by atoms with Gasteiger partial charge in [-0.3, -0.25) is 10.1 Å². The second kappa shape index (κ2) is 2.42. The summed E-state index contributed by atoms with van der Waals surface area (Å²) in [5.74, 6) is 0. The molecule has 1 aliphatic heterocycles. The number of rotatable bonds is 1. The quantitative estimate of drug-likeness (QED) is 0.450. The van der Waals surface area contributed by atoms with Crippen molar-refractivity contribution in [3.63, 3.8) is 0 Å². The highest BCUT2D eigenvalue weighted by molar-refractivity contribution is 5.60. The second-order valence-electron chi connectivity index (χ2n) is 1.34. The minimum absolute atomic E-state index is 0.462. The average Bonchev–Trinajstić information content (AvgIpc) is 1.90. The number of hydrogen-bond acceptors (Lipinski definition) is 4. The Morgan fingerprint density at radius 3 is 3.25 bits per heavy atom. The van der Waals surface area contributed by atoms with Crippen molar-refractivity contribution in [3.05, 3.63) is 0 Å². The highest BCUT2D eigenvalue weighted by Gasteiger charge is 2.05. The maximum Gasteiger partial charge on any atom is 0.209 e. The Labute approximate surface area is 46.5 Å². The molecule has 44 valence electrons. The third-order valence-electron chi connectivity index (χ3n) is 0.789. The maximum absolute atomic E-state index is 9.91. The van der Waals surface area contributed by atoms with Crippen LogP contribution in [0.4, 0.5) is 0 Å². The van der Waals surface area contributed by atoms with Gasteiger partial charge in [0.25, 0.3) is 0 Å². The van der Waals surface area contributed by atoms with Gasteiger partial charge in [-0.2, -0.15) is 0 Å². The predicted octanol–water partition coefficient (Wildman–Crippen LogP) is -0.883. The summed E-state index contributed by atoms with van der Waals surface area (Å²) in [5, 5.41) is 2.68. The summed E-state index contributed by atoms with van der Waals surface area (Å²) in [6, 6.07) is 0. The van der Waals surface area contributed by atoms with E-state index in [1.54, 1.807) is 0 Å². The number of aldehydes is 1. The van der Waals surface area contributed by atoms with Crippen LogP contribution in [-0.4, -0.2) is 25.6 Å². The number of nitrogens with zero attached hydrogens (tertiary/aromatic N) is 1. The summed E-state index contributed by atoms with van der Waals surface area (Å²) >= 11 is 0. The Morgan fingerprint density at radius 2 is 2.88 bits per heavy atom. The maximum atomic E-state index is 9.91. The summed E-state index contributed by atoms with van der Waals surface area (Å²) in [7, 11) is 0. The van der Waals surface area contributed by atoms with Gasteiger partial charge in [-0.05, 0) is 0 Å². The van der Waals surface area contributed by atoms with Gasteiger partial charge >= 0.3 is 0 Å². The van der Waals surface area contributed by atoms with Crippen molar-refractivity contribution in [3.8, 4) is 0 Å². The molecule has 8 heavy (non-hydrogen) atoms. The zero-order chi connectivity index (χ0) is 5.82. The smallest absolute Gasteiger partial charge is 0.209 e. The second-order valence-corrected chi connectivity index (χ2v) is 1.34. The summed E-state index contributed by atoms with van der Waals surface area (Å²) in [5.41, 5.74) is 0. The Balaban J connectivity index is 2.37. The van der Waals surface area contributed by atoms with Crippen molar-refractivity contribution in [1.82, 2.24) is 5.32 Å². The fourth-order valence-corrected chi connectivity index (χ4v) is 0.417. The monoisotopic (exact) mass is 114 g/mol. The number of nitrogens with one attached hydrogen (secondary N) is 1. The van der Waals surface area contributed by atoms with Gasteiger partial charge in [-0.25, -0.2) is 4.99 Å². The van der Waals surface area contributed by atoms with Crippen LogP contribution in [0.1, 0.15) is 0 Å². The highest BCUT2D eigenvalue weighted by atomic mass is 16.5. The normalized spacial score (nSPS) is 26.8. The Morgan fingerprint density at radius 1 is 2.00 bits per heavy atom. The SMILES string of the molecule is O=CC1NCN=CO1. The molecular weight excluding hydrogens is 108 g/mol. The van der Waals surface area contributed by atoms with Gasteiger partial charge in [-0.15, -0.1) is 0 Å². The lowest BCUT2D eigenvalue weighted by Crippen LogP contribution is -2.36. The number of ether oxygens (including phenoxy) is 1. The van der Waals surface area contributed by atoms with Crippen molar-refractivity contribution < 1.29 is 9.53 Å².